The Balaban J connectivity index is 1.94. The van der Waals surface area contributed by atoms with Crippen LogP contribution < -0.4 is 0 Å². The maximum Gasteiger partial charge on any atom is 0.282 e. The second kappa shape index (κ2) is 4.72. The summed E-state index contributed by atoms with van der Waals surface area (Å²) in [5, 5.41) is 16.8. The predicted octanol–water partition coefficient (Wildman–Crippen LogP) is 3.47. The minimum atomic E-state index is -2.67. The van der Waals surface area contributed by atoms with E-state index in [1.54, 1.807) is 18.2 Å². The topological polar surface area (TPSA) is 63.8 Å². The van der Waals surface area contributed by atoms with Crippen molar-refractivity contribution in [3.8, 4) is 17.1 Å². The molecule has 4 rings (SSSR count). The van der Waals surface area contributed by atoms with Gasteiger partial charge >= 0.3 is 0 Å². The molecule has 0 unspecified atom stereocenters. The van der Waals surface area contributed by atoms with Gasteiger partial charge in [-0.25, -0.2) is 13.8 Å². The van der Waals surface area contributed by atoms with Crippen molar-refractivity contribution in [1.29, 1.82) is 0 Å². The molecule has 0 saturated heterocycles. The first kappa shape index (κ1) is 13.1. The Morgan fingerprint density at radius 1 is 1.23 bits per heavy atom. The van der Waals surface area contributed by atoms with Crippen molar-refractivity contribution < 1.29 is 13.9 Å². The SMILES string of the molecule is Oc1ccc2nc(-c3cnnc(C(F)F)c3)n(C3CC3)c2c1. The Kier molecular flexibility index (Phi) is 2.82. The summed E-state index contributed by atoms with van der Waals surface area (Å²) in [5.41, 5.74) is 1.66. The number of alkyl halides is 2. The molecule has 0 radical (unpaired) electrons. The van der Waals surface area contributed by atoms with Crippen molar-refractivity contribution in [2.75, 3.05) is 0 Å². The van der Waals surface area contributed by atoms with E-state index in [0.29, 0.717) is 11.4 Å². The molecule has 1 aliphatic rings. The van der Waals surface area contributed by atoms with Crippen molar-refractivity contribution in [2.45, 2.75) is 25.3 Å². The van der Waals surface area contributed by atoms with Crippen LogP contribution in [0, 0.1) is 0 Å². The van der Waals surface area contributed by atoms with E-state index in [9.17, 15) is 13.9 Å². The molecule has 22 heavy (non-hydrogen) atoms. The highest BCUT2D eigenvalue weighted by Gasteiger charge is 2.29. The monoisotopic (exact) mass is 302 g/mol. The van der Waals surface area contributed by atoms with Crippen molar-refractivity contribution in [2.24, 2.45) is 0 Å². The third-order valence-corrected chi connectivity index (χ3v) is 3.74. The first-order valence-electron chi connectivity index (χ1n) is 6.95. The van der Waals surface area contributed by atoms with Gasteiger partial charge in [0.2, 0.25) is 0 Å². The van der Waals surface area contributed by atoms with Crippen LogP contribution in [0.3, 0.4) is 0 Å². The van der Waals surface area contributed by atoms with Crippen LogP contribution in [0.5, 0.6) is 5.75 Å². The van der Waals surface area contributed by atoms with E-state index in [2.05, 4.69) is 15.2 Å². The average Bonchev–Trinajstić information content (AvgIpc) is 3.28. The zero-order chi connectivity index (χ0) is 15.3. The molecule has 0 spiro atoms. The van der Waals surface area contributed by atoms with Crippen LogP contribution in [0.25, 0.3) is 22.4 Å². The van der Waals surface area contributed by atoms with Gasteiger partial charge in [-0.05, 0) is 31.0 Å². The van der Waals surface area contributed by atoms with Crippen molar-refractivity contribution >= 4 is 11.0 Å². The standard InChI is InChI=1S/C15H12F2N4O/c16-14(17)12-5-8(7-18-20-12)15-19-11-4-3-10(22)6-13(11)21(15)9-1-2-9/h3-7,9,14,22H,1-2H2. The normalized spacial score (nSPS) is 14.9. The highest BCUT2D eigenvalue weighted by Crippen LogP contribution is 2.41. The molecule has 2 aromatic heterocycles. The van der Waals surface area contributed by atoms with Crippen LogP contribution in [-0.2, 0) is 0 Å². The summed E-state index contributed by atoms with van der Waals surface area (Å²) in [6, 6.07) is 6.52. The van der Waals surface area contributed by atoms with E-state index >= 15 is 0 Å². The van der Waals surface area contributed by atoms with E-state index in [1.165, 1.54) is 12.3 Å². The molecule has 0 bridgehead atoms. The summed E-state index contributed by atoms with van der Waals surface area (Å²) in [6.45, 7) is 0. The van der Waals surface area contributed by atoms with Crippen molar-refractivity contribution in [3.63, 3.8) is 0 Å². The Morgan fingerprint density at radius 3 is 2.77 bits per heavy atom. The second-order valence-electron chi connectivity index (χ2n) is 5.38. The van der Waals surface area contributed by atoms with Gasteiger partial charge in [0.1, 0.15) is 17.3 Å². The Labute approximate surface area is 124 Å². The Hall–Kier alpha value is -2.57. The highest BCUT2D eigenvalue weighted by atomic mass is 19.3. The molecular weight excluding hydrogens is 290 g/mol. The van der Waals surface area contributed by atoms with E-state index in [1.807, 2.05) is 4.57 Å². The molecular formula is C15H12F2N4O. The van der Waals surface area contributed by atoms with Gasteiger partial charge in [-0.15, -0.1) is 5.10 Å². The minimum Gasteiger partial charge on any atom is -0.508 e. The van der Waals surface area contributed by atoms with Crippen LogP contribution in [-0.4, -0.2) is 24.9 Å². The number of nitrogens with zero attached hydrogens (tertiary/aromatic N) is 4. The molecule has 0 amide bonds. The maximum absolute atomic E-state index is 12.8. The molecule has 112 valence electrons. The molecule has 0 atom stereocenters. The number of phenolic OH excluding ortho intramolecular Hbond substituents is 1. The number of hydrogen-bond donors (Lipinski definition) is 1. The number of fused-ring (bicyclic) bond motifs is 1. The van der Waals surface area contributed by atoms with E-state index < -0.39 is 6.43 Å². The lowest BCUT2D eigenvalue weighted by molar-refractivity contribution is 0.145. The number of aromatic hydroxyl groups is 1. The highest BCUT2D eigenvalue weighted by molar-refractivity contribution is 5.82. The summed E-state index contributed by atoms with van der Waals surface area (Å²) >= 11 is 0. The van der Waals surface area contributed by atoms with Gasteiger partial charge < -0.3 is 9.67 Å². The number of halogens is 2. The molecule has 0 aliphatic heterocycles. The first-order chi connectivity index (χ1) is 10.6. The molecule has 7 heteroatoms. The van der Waals surface area contributed by atoms with Crippen molar-refractivity contribution in [3.05, 3.63) is 36.2 Å². The number of aromatic nitrogens is 4. The second-order valence-corrected chi connectivity index (χ2v) is 5.38. The third-order valence-electron chi connectivity index (χ3n) is 3.74. The van der Waals surface area contributed by atoms with E-state index in [0.717, 1.165) is 23.9 Å². The van der Waals surface area contributed by atoms with Gasteiger partial charge in [0.25, 0.3) is 6.43 Å². The fourth-order valence-corrected chi connectivity index (χ4v) is 2.60. The quantitative estimate of drug-likeness (QED) is 0.804. The largest absolute Gasteiger partial charge is 0.508 e. The smallest absolute Gasteiger partial charge is 0.282 e. The van der Waals surface area contributed by atoms with Crippen LogP contribution >= 0.6 is 0 Å². The zero-order valence-corrected chi connectivity index (χ0v) is 11.4. The van der Waals surface area contributed by atoms with Crippen LogP contribution in [0.1, 0.15) is 31.0 Å². The maximum atomic E-state index is 12.8. The predicted molar refractivity (Wildman–Crippen MR) is 75.7 cm³/mol. The number of benzene rings is 1. The fourth-order valence-electron chi connectivity index (χ4n) is 2.60. The average molecular weight is 302 g/mol. The molecule has 2 heterocycles. The third kappa shape index (κ3) is 2.09. The molecule has 3 aromatic rings. The zero-order valence-electron chi connectivity index (χ0n) is 11.4. The lowest BCUT2D eigenvalue weighted by Crippen LogP contribution is -2.00. The minimum absolute atomic E-state index is 0.155. The van der Waals surface area contributed by atoms with E-state index in [-0.39, 0.29) is 17.5 Å². The number of phenols is 1. The lowest BCUT2D eigenvalue weighted by atomic mass is 10.2. The summed E-state index contributed by atoms with van der Waals surface area (Å²) in [7, 11) is 0. The van der Waals surface area contributed by atoms with Crippen LogP contribution in [0.4, 0.5) is 8.78 Å². The van der Waals surface area contributed by atoms with Gasteiger partial charge in [-0.2, -0.15) is 5.10 Å². The fraction of sp³-hybridized carbons (Fsp3) is 0.267. The molecule has 1 saturated carbocycles. The lowest BCUT2D eigenvalue weighted by Gasteiger charge is -2.08. The summed E-state index contributed by atoms with van der Waals surface area (Å²) in [6.07, 6.45) is 0.782. The molecule has 5 nitrogen and oxygen atoms in total. The van der Waals surface area contributed by atoms with Gasteiger partial charge in [0.15, 0.2) is 0 Å². The summed E-state index contributed by atoms with van der Waals surface area (Å²) in [5.74, 6) is 0.738. The molecule has 1 aliphatic carbocycles. The van der Waals surface area contributed by atoms with Gasteiger partial charge in [-0.1, -0.05) is 0 Å². The Morgan fingerprint density at radius 2 is 2.05 bits per heavy atom. The van der Waals surface area contributed by atoms with Gasteiger partial charge in [0.05, 0.1) is 17.2 Å². The molecule has 1 fully saturated rings. The molecule has 1 N–H and O–H groups in total. The number of imidazole rings is 1. The number of rotatable bonds is 3. The molecule has 1 aromatic carbocycles. The summed E-state index contributed by atoms with van der Waals surface area (Å²) in [4.78, 5) is 4.52. The van der Waals surface area contributed by atoms with Crippen molar-refractivity contribution in [1.82, 2.24) is 19.7 Å². The van der Waals surface area contributed by atoms with Crippen LogP contribution in [0.2, 0.25) is 0 Å². The summed E-state index contributed by atoms with van der Waals surface area (Å²) < 4.78 is 27.6. The Bertz CT molecular complexity index is 858. The van der Waals surface area contributed by atoms with Crippen LogP contribution in [0.15, 0.2) is 30.5 Å². The van der Waals surface area contributed by atoms with Gasteiger partial charge in [-0.3, -0.25) is 0 Å². The first-order valence-corrected chi connectivity index (χ1v) is 6.95. The van der Waals surface area contributed by atoms with E-state index in [4.69, 9.17) is 0 Å². The van der Waals surface area contributed by atoms with Gasteiger partial charge in [0, 0.05) is 17.7 Å². The number of hydrogen-bond acceptors (Lipinski definition) is 4.